The van der Waals surface area contributed by atoms with Crippen molar-refractivity contribution in [2.24, 2.45) is 0 Å². The Balaban J connectivity index is 1.19. The van der Waals surface area contributed by atoms with E-state index < -0.39 is 8.15 Å². The number of nitrogens with zero attached hydrogens (tertiary/aromatic N) is 3. The normalized spacial score (nSPS) is 13.9. The average molecular weight is 659 g/mol. The number of pyridine rings is 4. The SMILES string of the molecule is C1=CP(c2cccc(-c3ccccn3)c2)Oc2c1[n+]1c3ccc(-c4cccc(-c5ccccn5)c4)cc3c3ccccc3c1c1ccccc21. The van der Waals surface area contributed by atoms with E-state index in [-0.39, 0.29) is 0 Å². The van der Waals surface area contributed by atoms with Gasteiger partial charge in [0.05, 0.1) is 27.5 Å². The van der Waals surface area contributed by atoms with Crippen LogP contribution in [0.15, 0.2) is 170 Å². The molecule has 5 heterocycles. The standard InChI is InChI=1S/C45H29N3OP/c1-2-16-36-35(15-1)39-29-31(30-11-9-12-32(27-30)40-19-5-7-24-46-40)21-22-42(39)48-43-23-26-50(49-45(43)38-18-4-3-17-37(38)44(36)48)34-14-10-13-33(28-34)41-20-6-8-25-47-41/h1-29H/q+1. The Labute approximate surface area is 290 Å². The smallest absolute Gasteiger partial charge is 0.255 e. The Bertz CT molecular complexity index is 2800. The van der Waals surface area contributed by atoms with Crippen molar-refractivity contribution >= 4 is 57.5 Å². The highest BCUT2D eigenvalue weighted by molar-refractivity contribution is 7.64. The fraction of sp³-hybridized carbons (Fsp3) is 0. The second-order valence-corrected chi connectivity index (χ2v) is 14.2. The molecule has 9 aromatic rings. The summed E-state index contributed by atoms with van der Waals surface area (Å²) >= 11 is 0. The van der Waals surface area contributed by atoms with E-state index in [1.807, 2.05) is 42.7 Å². The van der Waals surface area contributed by atoms with Gasteiger partial charge in [-0.25, -0.2) is 0 Å². The van der Waals surface area contributed by atoms with E-state index in [1.54, 1.807) is 0 Å². The van der Waals surface area contributed by atoms with Crippen LogP contribution < -0.4 is 14.2 Å². The fourth-order valence-corrected chi connectivity index (χ4v) is 8.82. The predicted octanol–water partition coefficient (Wildman–Crippen LogP) is 10.8. The maximum atomic E-state index is 7.07. The first-order valence-corrected chi connectivity index (χ1v) is 18.1. The van der Waals surface area contributed by atoms with Crippen molar-refractivity contribution in [3.63, 3.8) is 0 Å². The molecule has 0 amide bonds. The van der Waals surface area contributed by atoms with Crippen LogP contribution in [-0.4, -0.2) is 9.97 Å². The largest absolute Gasteiger partial charge is 0.457 e. The number of hydrogen-bond acceptors (Lipinski definition) is 3. The van der Waals surface area contributed by atoms with Crippen LogP contribution in [-0.2, 0) is 0 Å². The minimum atomic E-state index is -1.05. The van der Waals surface area contributed by atoms with Crippen LogP contribution in [0.4, 0.5) is 0 Å². The summed E-state index contributed by atoms with van der Waals surface area (Å²) in [5.41, 5.74) is 9.82. The zero-order valence-electron chi connectivity index (χ0n) is 26.9. The summed E-state index contributed by atoms with van der Waals surface area (Å²) in [7, 11) is -1.05. The van der Waals surface area contributed by atoms with E-state index in [4.69, 9.17) is 4.52 Å². The molecule has 0 spiro atoms. The number of hydrogen-bond donors (Lipinski definition) is 0. The third kappa shape index (κ3) is 4.69. The zero-order chi connectivity index (χ0) is 33.0. The topological polar surface area (TPSA) is 39.1 Å². The van der Waals surface area contributed by atoms with Gasteiger partial charge in [0.15, 0.2) is 0 Å². The van der Waals surface area contributed by atoms with Gasteiger partial charge < -0.3 is 4.52 Å². The molecule has 0 aliphatic carbocycles. The first-order valence-electron chi connectivity index (χ1n) is 16.7. The number of benzene rings is 5. The highest BCUT2D eigenvalue weighted by Gasteiger charge is 2.31. The molecule has 0 bridgehead atoms. The molecule has 1 aliphatic heterocycles. The number of rotatable bonds is 4. The van der Waals surface area contributed by atoms with Gasteiger partial charge in [-0.05, 0) is 77.6 Å². The lowest BCUT2D eigenvalue weighted by Gasteiger charge is -2.22. The van der Waals surface area contributed by atoms with E-state index in [2.05, 4.69) is 148 Å². The Hall–Kier alpha value is -6.22. The van der Waals surface area contributed by atoms with Crippen molar-refractivity contribution in [3.05, 3.63) is 176 Å². The van der Waals surface area contributed by atoms with E-state index in [1.165, 1.54) is 27.1 Å². The summed E-state index contributed by atoms with van der Waals surface area (Å²) in [5, 5.41) is 7.07. The molecule has 50 heavy (non-hydrogen) atoms. The predicted molar refractivity (Wildman–Crippen MR) is 207 cm³/mol. The summed E-state index contributed by atoms with van der Waals surface area (Å²) in [6.07, 6.45) is 5.96. The van der Waals surface area contributed by atoms with Crippen LogP contribution in [0.25, 0.3) is 77.7 Å². The lowest BCUT2D eigenvalue weighted by molar-refractivity contribution is -0.482. The molecule has 1 atom stereocenters. The lowest BCUT2D eigenvalue weighted by Crippen LogP contribution is -2.29. The molecule has 0 fully saturated rings. The Kier molecular flexibility index (Phi) is 6.75. The van der Waals surface area contributed by atoms with Gasteiger partial charge in [-0.1, -0.05) is 84.9 Å². The molecule has 1 aliphatic rings. The Morgan fingerprint density at radius 2 is 1.10 bits per heavy atom. The minimum Gasteiger partial charge on any atom is -0.457 e. The van der Waals surface area contributed by atoms with Crippen LogP contribution in [0.2, 0.25) is 0 Å². The summed E-state index contributed by atoms with van der Waals surface area (Å²) in [4.78, 5) is 9.18. The maximum absolute atomic E-state index is 7.07. The molecule has 0 radical (unpaired) electrons. The molecular formula is C45H29N3OP+. The summed E-state index contributed by atoms with van der Waals surface area (Å²) in [5.74, 6) is 3.16. The van der Waals surface area contributed by atoms with Gasteiger partial charge in [0.1, 0.15) is 8.15 Å². The molecule has 10 rings (SSSR count). The van der Waals surface area contributed by atoms with Crippen LogP contribution in [0.1, 0.15) is 5.69 Å². The van der Waals surface area contributed by atoms with Gasteiger partial charge in [-0.3, -0.25) is 9.97 Å². The van der Waals surface area contributed by atoms with Crippen LogP contribution in [0, 0.1) is 0 Å². The average Bonchev–Trinajstić information content (AvgIpc) is 3.21. The Morgan fingerprint density at radius 1 is 0.480 bits per heavy atom. The molecule has 0 saturated heterocycles. The van der Waals surface area contributed by atoms with Gasteiger partial charge in [-0.15, -0.1) is 4.40 Å². The van der Waals surface area contributed by atoms with Gasteiger partial charge in [0.25, 0.3) is 5.69 Å². The second-order valence-electron chi connectivity index (χ2n) is 12.5. The van der Waals surface area contributed by atoms with Crippen LogP contribution >= 0.6 is 8.15 Å². The van der Waals surface area contributed by atoms with E-state index in [0.717, 1.165) is 61.3 Å². The van der Waals surface area contributed by atoms with Crippen molar-refractivity contribution in [2.75, 3.05) is 0 Å². The van der Waals surface area contributed by atoms with E-state index in [9.17, 15) is 0 Å². The van der Waals surface area contributed by atoms with Crippen molar-refractivity contribution in [1.29, 1.82) is 0 Å². The lowest BCUT2D eigenvalue weighted by atomic mass is 9.96. The molecule has 0 saturated carbocycles. The molecule has 5 aromatic carbocycles. The second kappa shape index (κ2) is 11.7. The van der Waals surface area contributed by atoms with Crippen molar-refractivity contribution in [1.82, 2.24) is 9.97 Å². The van der Waals surface area contributed by atoms with Crippen molar-refractivity contribution in [3.8, 4) is 39.4 Å². The fourth-order valence-electron chi connectivity index (χ4n) is 7.31. The minimum absolute atomic E-state index is 0.915. The summed E-state index contributed by atoms with van der Waals surface area (Å²) in [6, 6.07) is 53.6. The zero-order valence-corrected chi connectivity index (χ0v) is 27.8. The highest BCUT2D eigenvalue weighted by atomic mass is 31.1. The highest BCUT2D eigenvalue weighted by Crippen LogP contribution is 2.49. The van der Waals surface area contributed by atoms with E-state index >= 15 is 0 Å². The third-order valence-corrected chi connectivity index (χ3v) is 11.2. The van der Waals surface area contributed by atoms with Crippen molar-refractivity contribution in [2.45, 2.75) is 0 Å². The molecule has 234 valence electrons. The van der Waals surface area contributed by atoms with Crippen LogP contribution in [0.5, 0.6) is 5.75 Å². The Morgan fingerprint density at radius 3 is 1.84 bits per heavy atom. The first kappa shape index (κ1) is 28.8. The monoisotopic (exact) mass is 658 g/mol. The molecule has 5 heteroatoms. The van der Waals surface area contributed by atoms with E-state index in [0.29, 0.717) is 0 Å². The van der Waals surface area contributed by atoms with Gasteiger partial charge >= 0.3 is 0 Å². The maximum Gasteiger partial charge on any atom is 0.255 e. The molecule has 4 aromatic heterocycles. The number of fused-ring (bicyclic) bond motifs is 11. The van der Waals surface area contributed by atoms with Gasteiger partial charge in [0.2, 0.25) is 16.8 Å². The van der Waals surface area contributed by atoms with Crippen LogP contribution in [0.3, 0.4) is 0 Å². The first-order chi connectivity index (χ1) is 24.8. The third-order valence-electron chi connectivity index (χ3n) is 9.61. The molecule has 0 N–H and O–H groups in total. The van der Waals surface area contributed by atoms with Gasteiger partial charge in [-0.2, -0.15) is 0 Å². The summed E-state index contributed by atoms with van der Waals surface area (Å²) in [6.45, 7) is 0. The quantitative estimate of drug-likeness (QED) is 0.107. The molecule has 4 nitrogen and oxygen atoms in total. The molecular weight excluding hydrogens is 629 g/mol. The molecule has 1 unspecified atom stereocenters. The van der Waals surface area contributed by atoms with Gasteiger partial charge in [0, 0.05) is 51.7 Å². The number of aromatic nitrogens is 3. The summed E-state index contributed by atoms with van der Waals surface area (Å²) < 4.78 is 9.48. The van der Waals surface area contributed by atoms with Crippen molar-refractivity contribution < 1.29 is 8.92 Å².